The highest BCUT2D eigenvalue weighted by Gasteiger charge is 2.23. The van der Waals surface area contributed by atoms with E-state index in [1.54, 1.807) is 24.4 Å². The van der Waals surface area contributed by atoms with Crippen LogP contribution in [-0.2, 0) is 11.8 Å². The van der Waals surface area contributed by atoms with Crippen molar-refractivity contribution in [1.82, 2.24) is 0 Å². The lowest BCUT2D eigenvalue weighted by molar-refractivity contribution is -0.660. The topological polar surface area (TPSA) is 26.2 Å². The van der Waals surface area contributed by atoms with E-state index in [0.29, 0.717) is 54.0 Å². The monoisotopic (exact) mass is 470 g/mol. The second-order valence-electron chi connectivity index (χ2n) is 9.24. The van der Waals surface area contributed by atoms with E-state index in [9.17, 15) is 0 Å². The summed E-state index contributed by atoms with van der Waals surface area (Å²) in [6.07, 6.45) is 2.99. The molecule has 3 aromatic carbocycles. The molecule has 0 N–H and O–H groups in total. The van der Waals surface area contributed by atoms with Crippen molar-refractivity contribution in [1.29, 1.82) is 0 Å². The molecular formula is C31H29FNO2+. The van der Waals surface area contributed by atoms with Crippen LogP contribution in [0.3, 0.4) is 0 Å². The fourth-order valence-corrected chi connectivity index (χ4v) is 5.16. The second kappa shape index (κ2) is 8.62. The number of aromatic nitrogens is 1. The molecule has 5 aromatic rings. The van der Waals surface area contributed by atoms with Crippen molar-refractivity contribution in [2.45, 2.75) is 32.5 Å². The number of hydrogen-bond donors (Lipinski definition) is 0. The van der Waals surface area contributed by atoms with Crippen molar-refractivity contribution in [3.05, 3.63) is 89.4 Å². The zero-order valence-corrected chi connectivity index (χ0v) is 19.8. The lowest BCUT2D eigenvalue weighted by atomic mass is 9.90. The van der Waals surface area contributed by atoms with Crippen molar-refractivity contribution in [3.8, 4) is 22.4 Å². The van der Waals surface area contributed by atoms with Gasteiger partial charge in [0.05, 0.1) is 11.1 Å². The van der Waals surface area contributed by atoms with Gasteiger partial charge in [0, 0.05) is 41.6 Å². The van der Waals surface area contributed by atoms with E-state index in [1.807, 2.05) is 54.9 Å². The Bertz CT molecular complexity index is 1720. The smallest absolute Gasteiger partial charge is 0.216 e. The fourth-order valence-electron chi connectivity index (χ4n) is 5.16. The van der Waals surface area contributed by atoms with Crippen LogP contribution in [0.2, 0.25) is 0 Å². The number of pyridine rings is 1. The summed E-state index contributed by atoms with van der Waals surface area (Å²) in [4.78, 5) is 0. The third-order valence-electron chi connectivity index (χ3n) is 7.05. The number of aryl methyl sites for hydroxylation is 3. The summed E-state index contributed by atoms with van der Waals surface area (Å²) in [6, 6.07) is 17.9. The number of ether oxygens (including phenoxy) is 1. The van der Waals surface area contributed by atoms with Gasteiger partial charge in [-0.1, -0.05) is 36.4 Å². The molecule has 0 unspecified atom stereocenters. The SMILES string of the molecule is [2H]C([2H])([2H])c1cc[n+](C)c(-c2c(C)ccc3c2oc2c(-c4ccc(C5([2H])CCOCC5)cc4)c(F)ccc23)c1. The van der Waals surface area contributed by atoms with Crippen molar-refractivity contribution in [2.24, 2.45) is 7.05 Å². The van der Waals surface area contributed by atoms with E-state index in [2.05, 4.69) is 0 Å². The number of benzene rings is 3. The Morgan fingerprint density at radius 3 is 2.40 bits per heavy atom. The van der Waals surface area contributed by atoms with Crippen LogP contribution in [-0.4, -0.2) is 13.2 Å². The Morgan fingerprint density at radius 1 is 0.943 bits per heavy atom. The Kier molecular flexibility index (Phi) is 4.40. The molecule has 2 aromatic heterocycles. The molecule has 0 spiro atoms. The highest BCUT2D eigenvalue weighted by atomic mass is 19.1. The van der Waals surface area contributed by atoms with E-state index in [4.69, 9.17) is 14.6 Å². The van der Waals surface area contributed by atoms with Crippen LogP contribution in [0.5, 0.6) is 0 Å². The highest BCUT2D eigenvalue weighted by molar-refractivity contribution is 6.13. The quantitative estimate of drug-likeness (QED) is 0.257. The Labute approximate surface area is 210 Å². The van der Waals surface area contributed by atoms with E-state index in [0.717, 1.165) is 27.5 Å². The molecule has 1 aliphatic heterocycles. The molecule has 0 aliphatic carbocycles. The van der Waals surface area contributed by atoms with Crippen molar-refractivity contribution < 1.29 is 23.6 Å². The fraction of sp³-hybridized carbons (Fsp3) is 0.258. The lowest BCUT2D eigenvalue weighted by Gasteiger charge is -2.22. The molecule has 0 amide bonds. The van der Waals surface area contributed by atoms with Gasteiger partial charge in [0.2, 0.25) is 5.69 Å². The average molecular weight is 471 g/mol. The van der Waals surface area contributed by atoms with Crippen LogP contribution < -0.4 is 4.57 Å². The Hall–Kier alpha value is -3.50. The van der Waals surface area contributed by atoms with Crippen LogP contribution in [0.1, 0.15) is 40.9 Å². The third-order valence-corrected chi connectivity index (χ3v) is 7.05. The van der Waals surface area contributed by atoms with Gasteiger partial charge in [-0.15, -0.1) is 0 Å². The molecule has 6 rings (SSSR count). The number of hydrogen-bond acceptors (Lipinski definition) is 2. The highest BCUT2D eigenvalue weighted by Crippen LogP contribution is 2.42. The molecule has 0 radical (unpaired) electrons. The minimum atomic E-state index is -2.25. The summed E-state index contributed by atoms with van der Waals surface area (Å²) in [7, 11) is 1.86. The van der Waals surface area contributed by atoms with Crippen LogP contribution in [0.25, 0.3) is 44.3 Å². The zero-order valence-electron chi connectivity index (χ0n) is 23.8. The molecule has 1 aliphatic rings. The summed E-state index contributed by atoms with van der Waals surface area (Å²) in [5.41, 5.74) is 5.59. The standard InChI is InChI=1S/C31H29FNO2/c1-19-12-15-33(3)27(18-19)28-20(2)4-9-24-25-10-11-26(32)29(31(25)35-30(24)28)23-7-5-21(6-8-23)22-13-16-34-17-14-22/h4-12,15,18,22H,13-14,16-17H2,1-3H3/q+1/i1D3,22D. The maximum absolute atomic E-state index is 15.4. The lowest BCUT2D eigenvalue weighted by Crippen LogP contribution is -2.30. The maximum Gasteiger partial charge on any atom is 0.216 e. The van der Waals surface area contributed by atoms with Crippen LogP contribution in [0.15, 0.2) is 71.3 Å². The average Bonchev–Trinajstić information content (AvgIpc) is 3.27. The van der Waals surface area contributed by atoms with Gasteiger partial charge in [0.25, 0.3) is 0 Å². The summed E-state index contributed by atoms with van der Waals surface area (Å²) in [6.45, 7) is 0.834. The van der Waals surface area contributed by atoms with Crippen molar-refractivity contribution >= 4 is 21.9 Å². The molecular weight excluding hydrogens is 437 g/mol. The van der Waals surface area contributed by atoms with Gasteiger partial charge >= 0.3 is 0 Å². The van der Waals surface area contributed by atoms with Crippen molar-refractivity contribution in [2.75, 3.05) is 13.2 Å². The molecule has 3 heterocycles. The first kappa shape index (κ1) is 17.9. The van der Waals surface area contributed by atoms with Crippen LogP contribution in [0.4, 0.5) is 4.39 Å². The largest absolute Gasteiger partial charge is 0.454 e. The predicted octanol–water partition coefficient (Wildman–Crippen LogP) is 7.39. The Balaban J connectivity index is 1.54. The maximum atomic E-state index is 15.4. The molecule has 0 atom stereocenters. The van der Waals surface area contributed by atoms with Gasteiger partial charge in [-0.2, -0.15) is 0 Å². The van der Waals surface area contributed by atoms with Gasteiger partial charge in [0.15, 0.2) is 6.20 Å². The second-order valence-corrected chi connectivity index (χ2v) is 9.24. The van der Waals surface area contributed by atoms with E-state index >= 15 is 4.39 Å². The van der Waals surface area contributed by atoms with E-state index in [1.165, 1.54) is 6.07 Å². The summed E-state index contributed by atoms with van der Waals surface area (Å²) < 4.78 is 61.8. The first-order valence-corrected chi connectivity index (χ1v) is 11.9. The first-order chi connectivity index (χ1) is 18.6. The van der Waals surface area contributed by atoms with Gasteiger partial charge in [-0.25, -0.2) is 8.96 Å². The molecule has 35 heavy (non-hydrogen) atoms. The molecule has 4 heteroatoms. The minimum absolute atomic E-state index is 0.242. The molecule has 0 saturated carbocycles. The van der Waals surface area contributed by atoms with Crippen LogP contribution in [0, 0.1) is 19.6 Å². The van der Waals surface area contributed by atoms with E-state index in [-0.39, 0.29) is 5.56 Å². The number of fused-ring (bicyclic) bond motifs is 3. The Morgan fingerprint density at radius 2 is 1.66 bits per heavy atom. The van der Waals surface area contributed by atoms with Gasteiger partial charge in [-0.05, 0) is 66.9 Å². The summed E-state index contributed by atoms with van der Waals surface area (Å²) >= 11 is 0. The zero-order chi connectivity index (χ0) is 27.5. The number of furan rings is 1. The van der Waals surface area contributed by atoms with E-state index < -0.39 is 18.6 Å². The van der Waals surface area contributed by atoms with Crippen LogP contribution >= 0.6 is 0 Å². The molecule has 0 bridgehead atoms. The first-order valence-electron chi connectivity index (χ1n) is 13.9. The predicted molar refractivity (Wildman–Crippen MR) is 138 cm³/mol. The summed E-state index contributed by atoms with van der Waals surface area (Å²) in [5, 5.41) is 1.61. The van der Waals surface area contributed by atoms with Crippen molar-refractivity contribution in [3.63, 3.8) is 0 Å². The van der Waals surface area contributed by atoms with Gasteiger partial charge in [-0.3, -0.25) is 0 Å². The normalized spacial score (nSPS) is 17.7. The molecule has 3 nitrogen and oxygen atoms in total. The number of nitrogens with zero attached hydrogens (tertiary/aromatic N) is 1. The molecule has 176 valence electrons. The molecule has 1 saturated heterocycles. The minimum Gasteiger partial charge on any atom is -0.454 e. The summed E-state index contributed by atoms with van der Waals surface area (Å²) in [5.74, 6) is -1.10. The third kappa shape index (κ3) is 3.73. The van der Waals surface area contributed by atoms with Gasteiger partial charge in [0.1, 0.15) is 24.0 Å². The van der Waals surface area contributed by atoms with Gasteiger partial charge < -0.3 is 9.15 Å². The number of halogens is 1. The number of rotatable bonds is 3. The molecule has 1 fully saturated rings.